The zero-order valence-corrected chi connectivity index (χ0v) is 19.5. The summed E-state index contributed by atoms with van der Waals surface area (Å²) in [6.07, 6.45) is 5.12. The van der Waals surface area contributed by atoms with Crippen LogP contribution >= 0.6 is 0 Å². The number of amides is 1. The molecule has 0 aliphatic carbocycles. The molecule has 0 bridgehead atoms. The number of aromatic amines is 1. The van der Waals surface area contributed by atoms with Crippen molar-refractivity contribution >= 4 is 28.4 Å². The zero-order chi connectivity index (χ0) is 24.5. The van der Waals surface area contributed by atoms with Gasteiger partial charge >= 0.3 is 0 Å². The number of para-hydroxylation sites is 1. The SMILES string of the molecule is CCOc1ccc(/C(O)=C2\C(=O)C(=O)N(Cc3cccnc3)C2c2c[nH]c3ccccc23)cc1C. The lowest BCUT2D eigenvalue weighted by Crippen LogP contribution is -2.29. The Kier molecular flexibility index (Phi) is 5.82. The third kappa shape index (κ3) is 3.95. The van der Waals surface area contributed by atoms with Gasteiger partial charge in [0.05, 0.1) is 18.2 Å². The first-order valence-corrected chi connectivity index (χ1v) is 11.5. The number of hydrogen-bond donors (Lipinski definition) is 2. The number of hydrogen-bond acceptors (Lipinski definition) is 5. The van der Waals surface area contributed by atoms with E-state index >= 15 is 0 Å². The number of carbonyl (C=O) groups excluding carboxylic acids is 2. The van der Waals surface area contributed by atoms with E-state index in [-0.39, 0.29) is 17.9 Å². The highest BCUT2D eigenvalue weighted by atomic mass is 16.5. The number of rotatable bonds is 6. The molecule has 1 unspecified atom stereocenters. The number of H-pyrrole nitrogens is 1. The molecule has 7 nitrogen and oxygen atoms in total. The summed E-state index contributed by atoms with van der Waals surface area (Å²) in [4.78, 5) is 35.5. The average molecular weight is 468 g/mol. The second kappa shape index (κ2) is 9.10. The number of carbonyl (C=O) groups is 2. The van der Waals surface area contributed by atoms with Gasteiger partial charge in [0, 0.05) is 47.2 Å². The Labute approximate surface area is 202 Å². The molecule has 5 rings (SSSR count). The molecule has 1 aliphatic heterocycles. The standard InChI is InChI=1S/C28H25N3O4/c1-3-35-23-11-10-19(13-17(23)2)26(32)24-25(21-15-30-22-9-5-4-8-20(21)22)31(28(34)27(24)33)16-18-7-6-12-29-14-18/h4-15,25,30,32H,3,16H2,1-2H3/b26-24+. The Bertz CT molecular complexity index is 1460. The molecule has 0 saturated carbocycles. The van der Waals surface area contributed by atoms with Crippen LogP contribution in [0.2, 0.25) is 0 Å². The number of pyridine rings is 1. The first-order valence-electron chi connectivity index (χ1n) is 11.5. The van der Waals surface area contributed by atoms with Crippen molar-refractivity contribution in [3.63, 3.8) is 0 Å². The van der Waals surface area contributed by atoms with E-state index in [2.05, 4.69) is 9.97 Å². The van der Waals surface area contributed by atoms with Gasteiger partial charge in [0.1, 0.15) is 11.5 Å². The van der Waals surface area contributed by atoms with Gasteiger partial charge in [0.15, 0.2) is 0 Å². The lowest BCUT2D eigenvalue weighted by Gasteiger charge is -2.25. The third-order valence-electron chi connectivity index (χ3n) is 6.28. The second-order valence-corrected chi connectivity index (χ2v) is 8.49. The maximum Gasteiger partial charge on any atom is 0.295 e. The molecular formula is C28H25N3O4. The molecule has 3 heterocycles. The molecular weight excluding hydrogens is 442 g/mol. The molecule has 2 aromatic carbocycles. The van der Waals surface area contributed by atoms with Gasteiger partial charge in [0.25, 0.3) is 11.7 Å². The van der Waals surface area contributed by atoms with E-state index in [1.165, 1.54) is 4.90 Å². The molecule has 2 aromatic heterocycles. The van der Waals surface area contributed by atoms with Crippen molar-refractivity contribution in [2.24, 2.45) is 0 Å². The summed E-state index contributed by atoms with van der Waals surface area (Å²) in [5.74, 6) is -0.880. The van der Waals surface area contributed by atoms with Crippen LogP contribution in [0.3, 0.4) is 0 Å². The van der Waals surface area contributed by atoms with E-state index in [0.29, 0.717) is 17.9 Å². The minimum absolute atomic E-state index is 0.0622. The number of Topliss-reactive ketones (excluding diaryl/α,β-unsaturated/α-hetero) is 1. The predicted molar refractivity (Wildman–Crippen MR) is 133 cm³/mol. The molecule has 4 aromatic rings. The fraction of sp³-hybridized carbons (Fsp3) is 0.179. The van der Waals surface area contributed by atoms with Gasteiger partial charge in [-0.2, -0.15) is 0 Å². The normalized spacial score (nSPS) is 17.3. The van der Waals surface area contributed by atoms with Crippen molar-refractivity contribution in [2.75, 3.05) is 6.61 Å². The van der Waals surface area contributed by atoms with Crippen LogP contribution in [0.1, 0.15) is 35.2 Å². The quantitative estimate of drug-likeness (QED) is 0.239. The summed E-state index contributed by atoms with van der Waals surface area (Å²) >= 11 is 0. The van der Waals surface area contributed by atoms with Gasteiger partial charge in [-0.25, -0.2) is 0 Å². The fourth-order valence-electron chi connectivity index (χ4n) is 4.64. The lowest BCUT2D eigenvalue weighted by atomic mass is 9.94. The van der Waals surface area contributed by atoms with Crippen LogP contribution in [-0.2, 0) is 16.1 Å². The Balaban J connectivity index is 1.68. The highest BCUT2D eigenvalue weighted by molar-refractivity contribution is 6.46. The minimum atomic E-state index is -0.766. The van der Waals surface area contributed by atoms with E-state index in [0.717, 1.165) is 27.6 Å². The lowest BCUT2D eigenvalue weighted by molar-refractivity contribution is -0.140. The fourth-order valence-corrected chi connectivity index (χ4v) is 4.64. The summed E-state index contributed by atoms with van der Waals surface area (Å²) in [6.45, 7) is 4.48. The molecule has 176 valence electrons. The third-order valence-corrected chi connectivity index (χ3v) is 6.28. The monoisotopic (exact) mass is 467 g/mol. The van der Waals surface area contributed by atoms with E-state index in [9.17, 15) is 14.7 Å². The van der Waals surface area contributed by atoms with Gasteiger partial charge in [-0.1, -0.05) is 24.3 Å². The largest absolute Gasteiger partial charge is 0.507 e. The number of nitrogens with one attached hydrogen (secondary N) is 1. The number of aliphatic hydroxyl groups is 1. The van der Waals surface area contributed by atoms with Gasteiger partial charge < -0.3 is 19.7 Å². The summed E-state index contributed by atoms with van der Waals surface area (Å²) in [7, 11) is 0. The maximum absolute atomic E-state index is 13.4. The highest BCUT2D eigenvalue weighted by Gasteiger charge is 2.46. The Morgan fingerprint density at radius 2 is 1.97 bits per heavy atom. The predicted octanol–water partition coefficient (Wildman–Crippen LogP) is 4.89. The Morgan fingerprint density at radius 3 is 2.71 bits per heavy atom. The topological polar surface area (TPSA) is 95.5 Å². The Morgan fingerprint density at radius 1 is 1.14 bits per heavy atom. The molecule has 0 spiro atoms. The summed E-state index contributed by atoms with van der Waals surface area (Å²) in [5.41, 5.74) is 3.75. The van der Waals surface area contributed by atoms with Crippen LogP contribution in [0.5, 0.6) is 5.75 Å². The van der Waals surface area contributed by atoms with Crippen LogP contribution in [0, 0.1) is 6.92 Å². The highest BCUT2D eigenvalue weighted by Crippen LogP contribution is 2.43. The number of ketones is 1. The number of aryl methyl sites for hydroxylation is 1. The molecule has 7 heteroatoms. The van der Waals surface area contributed by atoms with Gasteiger partial charge in [0.2, 0.25) is 0 Å². The maximum atomic E-state index is 13.4. The molecule has 1 atom stereocenters. The number of benzene rings is 2. The van der Waals surface area contributed by atoms with Crippen molar-refractivity contribution in [1.82, 2.24) is 14.9 Å². The molecule has 1 fully saturated rings. The van der Waals surface area contributed by atoms with Crippen molar-refractivity contribution in [1.29, 1.82) is 0 Å². The number of ether oxygens (including phenoxy) is 1. The summed E-state index contributed by atoms with van der Waals surface area (Å²) in [5, 5.41) is 12.3. The van der Waals surface area contributed by atoms with Crippen LogP contribution in [0.4, 0.5) is 0 Å². The zero-order valence-electron chi connectivity index (χ0n) is 19.5. The first-order chi connectivity index (χ1) is 17.0. The first kappa shape index (κ1) is 22.4. The molecule has 1 aliphatic rings. The smallest absolute Gasteiger partial charge is 0.295 e. The summed E-state index contributed by atoms with van der Waals surface area (Å²) in [6, 6.07) is 15.8. The molecule has 1 saturated heterocycles. The average Bonchev–Trinajstić information content (AvgIpc) is 3.40. The van der Waals surface area contributed by atoms with E-state index < -0.39 is 17.7 Å². The molecule has 1 amide bonds. The molecule has 35 heavy (non-hydrogen) atoms. The van der Waals surface area contributed by atoms with Gasteiger partial charge in [-0.05, 0) is 55.3 Å². The van der Waals surface area contributed by atoms with E-state index in [1.807, 2.05) is 44.2 Å². The Hall–Kier alpha value is -4.39. The van der Waals surface area contributed by atoms with Gasteiger partial charge in [-0.3, -0.25) is 14.6 Å². The number of likely N-dealkylation sites (tertiary alicyclic amines) is 1. The molecule has 0 radical (unpaired) electrons. The van der Waals surface area contributed by atoms with Crippen LogP contribution in [0.25, 0.3) is 16.7 Å². The van der Waals surface area contributed by atoms with E-state index in [4.69, 9.17) is 4.74 Å². The van der Waals surface area contributed by atoms with Crippen molar-refractivity contribution in [3.05, 3.63) is 101 Å². The van der Waals surface area contributed by atoms with E-state index in [1.54, 1.807) is 42.9 Å². The van der Waals surface area contributed by atoms with Crippen LogP contribution in [-0.4, -0.2) is 38.3 Å². The number of fused-ring (bicyclic) bond motifs is 1. The summed E-state index contributed by atoms with van der Waals surface area (Å²) < 4.78 is 5.61. The number of nitrogens with zero attached hydrogens (tertiary/aromatic N) is 2. The molecule has 2 N–H and O–H groups in total. The van der Waals surface area contributed by atoms with Crippen molar-refractivity contribution in [2.45, 2.75) is 26.4 Å². The van der Waals surface area contributed by atoms with Crippen LogP contribution in [0.15, 0.2) is 78.8 Å². The minimum Gasteiger partial charge on any atom is -0.507 e. The van der Waals surface area contributed by atoms with Crippen molar-refractivity contribution in [3.8, 4) is 5.75 Å². The second-order valence-electron chi connectivity index (χ2n) is 8.49. The number of aromatic nitrogens is 2. The van der Waals surface area contributed by atoms with Crippen LogP contribution < -0.4 is 4.74 Å². The number of aliphatic hydroxyl groups excluding tert-OH is 1. The van der Waals surface area contributed by atoms with Gasteiger partial charge in [-0.15, -0.1) is 0 Å². The van der Waals surface area contributed by atoms with Crippen molar-refractivity contribution < 1.29 is 19.4 Å².